The van der Waals surface area contributed by atoms with Crippen molar-refractivity contribution >= 4 is 67.9 Å². The maximum absolute atomic E-state index is 12.5. The molecule has 0 unspecified atom stereocenters. The minimum Gasteiger partial charge on any atom is -0.490 e. The van der Waals surface area contributed by atoms with Crippen molar-refractivity contribution in [2.75, 3.05) is 19.0 Å². The lowest BCUT2D eigenvalue weighted by molar-refractivity contribution is -0.136. The first kappa shape index (κ1) is 28.6. The van der Waals surface area contributed by atoms with Crippen molar-refractivity contribution in [1.29, 1.82) is 0 Å². The van der Waals surface area contributed by atoms with Gasteiger partial charge in [-0.15, -0.1) is 11.3 Å². The van der Waals surface area contributed by atoms with Crippen LogP contribution in [0.1, 0.15) is 45.3 Å². The number of ether oxygens (including phenoxy) is 3. The van der Waals surface area contributed by atoms with Gasteiger partial charge in [0.1, 0.15) is 11.6 Å². The van der Waals surface area contributed by atoms with Crippen LogP contribution in [0.3, 0.4) is 0 Å². The quantitative estimate of drug-likeness (QED) is 0.139. The normalized spacial score (nSPS) is 12.2. The number of halogens is 2. The standard InChI is InChI=1S/C27H25BrClN3O6S/c1-3-37-20-12-16(11-19(28)23(20)38-14-15-7-9-17(29)10-8-15)13-30-32-25(34)24(33)31-26-22(27(35)36-2)18-5-4-6-21(18)39-26/h7-13H,3-6,14H2,1-2H3,(H,31,33)(H,32,34). The summed E-state index contributed by atoms with van der Waals surface area (Å²) in [6, 6.07) is 10.8. The number of hydrazone groups is 1. The molecule has 9 nitrogen and oxygen atoms in total. The molecule has 204 valence electrons. The molecule has 1 aromatic heterocycles. The highest BCUT2D eigenvalue weighted by molar-refractivity contribution is 9.10. The van der Waals surface area contributed by atoms with Crippen LogP contribution in [0.5, 0.6) is 11.5 Å². The summed E-state index contributed by atoms with van der Waals surface area (Å²) in [4.78, 5) is 38.2. The molecule has 12 heteroatoms. The molecule has 1 aliphatic carbocycles. The van der Waals surface area contributed by atoms with Gasteiger partial charge in [-0.1, -0.05) is 23.7 Å². The van der Waals surface area contributed by atoms with Crippen LogP contribution in [-0.2, 0) is 33.8 Å². The van der Waals surface area contributed by atoms with Gasteiger partial charge in [0.15, 0.2) is 11.5 Å². The molecule has 4 rings (SSSR count). The highest BCUT2D eigenvalue weighted by Gasteiger charge is 2.29. The Morgan fingerprint density at radius 2 is 1.90 bits per heavy atom. The van der Waals surface area contributed by atoms with Crippen molar-refractivity contribution in [2.45, 2.75) is 32.8 Å². The number of amides is 2. The second-order valence-corrected chi connectivity index (χ2v) is 10.8. The van der Waals surface area contributed by atoms with Crippen molar-refractivity contribution < 1.29 is 28.6 Å². The summed E-state index contributed by atoms with van der Waals surface area (Å²) in [7, 11) is 1.28. The van der Waals surface area contributed by atoms with Crippen molar-refractivity contribution in [1.82, 2.24) is 5.43 Å². The van der Waals surface area contributed by atoms with Crippen LogP contribution in [0.25, 0.3) is 0 Å². The predicted octanol–water partition coefficient (Wildman–Crippen LogP) is 5.51. The average Bonchev–Trinajstić information content (AvgIpc) is 3.50. The van der Waals surface area contributed by atoms with E-state index < -0.39 is 17.8 Å². The largest absolute Gasteiger partial charge is 0.490 e. The van der Waals surface area contributed by atoms with E-state index >= 15 is 0 Å². The molecule has 0 fully saturated rings. The topological polar surface area (TPSA) is 115 Å². The summed E-state index contributed by atoms with van der Waals surface area (Å²) in [6.45, 7) is 2.56. The lowest BCUT2D eigenvalue weighted by Crippen LogP contribution is -2.32. The van der Waals surface area contributed by atoms with Gasteiger partial charge in [0.05, 0.1) is 30.0 Å². The van der Waals surface area contributed by atoms with Crippen LogP contribution < -0.4 is 20.2 Å². The number of thiophene rings is 1. The summed E-state index contributed by atoms with van der Waals surface area (Å²) in [5.74, 6) is -1.48. The highest BCUT2D eigenvalue weighted by atomic mass is 79.9. The van der Waals surface area contributed by atoms with Crippen LogP contribution in [0.2, 0.25) is 5.02 Å². The second kappa shape index (κ2) is 13.1. The van der Waals surface area contributed by atoms with Crippen LogP contribution in [-0.4, -0.2) is 37.7 Å². The number of hydrogen-bond donors (Lipinski definition) is 2. The Hall–Kier alpha value is -3.41. The van der Waals surface area contributed by atoms with Gasteiger partial charge >= 0.3 is 17.8 Å². The van der Waals surface area contributed by atoms with E-state index in [2.05, 4.69) is 31.8 Å². The van der Waals surface area contributed by atoms with E-state index in [9.17, 15) is 14.4 Å². The third kappa shape index (κ3) is 6.97. The van der Waals surface area contributed by atoms with Gasteiger partial charge in [0.25, 0.3) is 0 Å². The SMILES string of the molecule is CCOc1cc(C=NNC(=O)C(=O)Nc2sc3c(c2C(=O)OC)CCC3)cc(Br)c1OCc1ccc(Cl)cc1. The van der Waals surface area contributed by atoms with Crippen molar-refractivity contribution in [2.24, 2.45) is 5.10 Å². The van der Waals surface area contributed by atoms with Gasteiger partial charge in [-0.2, -0.15) is 5.10 Å². The van der Waals surface area contributed by atoms with Crippen molar-refractivity contribution in [3.63, 3.8) is 0 Å². The Morgan fingerprint density at radius 3 is 2.62 bits per heavy atom. The Labute approximate surface area is 242 Å². The van der Waals surface area contributed by atoms with E-state index in [1.807, 2.05) is 19.1 Å². The van der Waals surface area contributed by atoms with Gasteiger partial charge in [-0.3, -0.25) is 9.59 Å². The number of aryl methyl sites for hydroxylation is 1. The van der Waals surface area contributed by atoms with Gasteiger partial charge < -0.3 is 19.5 Å². The number of fused-ring (bicyclic) bond motifs is 1. The maximum Gasteiger partial charge on any atom is 0.341 e. The summed E-state index contributed by atoms with van der Waals surface area (Å²) in [5.41, 5.74) is 4.92. The number of esters is 1. The Bertz CT molecular complexity index is 1420. The lowest BCUT2D eigenvalue weighted by atomic mass is 10.1. The molecule has 1 heterocycles. The molecule has 0 saturated carbocycles. The van der Waals surface area contributed by atoms with Crippen LogP contribution in [0.4, 0.5) is 5.00 Å². The first-order chi connectivity index (χ1) is 18.8. The maximum atomic E-state index is 12.5. The number of nitrogens with one attached hydrogen (secondary N) is 2. The molecule has 0 atom stereocenters. The van der Waals surface area contributed by atoms with E-state index in [4.69, 9.17) is 25.8 Å². The number of anilines is 1. The van der Waals surface area contributed by atoms with E-state index in [1.54, 1.807) is 24.3 Å². The minimum atomic E-state index is -0.984. The molecule has 0 saturated heterocycles. The first-order valence-corrected chi connectivity index (χ1v) is 14.0. The highest BCUT2D eigenvalue weighted by Crippen LogP contribution is 2.39. The number of rotatable bonds is 9. The van der Waals surface area contributed by atoms with Crippen LogP contribution in [0, 0.1) is 0 Å². The summed E-state index contributed by atoms with van der Waals surface area (Å²) in [5, 5.41) is 7.36. The number of nitrogens with zero attached hydrogens (tertiary/aromatic N) is 1. The average molecular weight is 635 g/mol. The van der Waals surface area contributed by atoms with Crippen molar-refractivity contribution in [3.8, 4) is 11.5 Å². The number of methoxy groups -OCH3 is 1. The lowest BCUT2D eigenvalue weighted by Gasteiger charge is -2.14. The number of carbonyl (C=O) groups is 3. The zero-order valence-electron chi connectivity index (χ0n) is 21.1. The molecule has 2 aromatic carbocycles. The summed E-state index contributed by atoms with van der Waals surface area (Å²) < 4.78 is 17.2. The number of hydrogen-bond acceptors (Lipinski definition) is 8. The molecule has 0 aliphatic heterocycles. The fourth-order valence-electron chi connectivity index (χ4n) is 3.99. The molecule has 0 spiro atoms. The monoisotopic (exact) mass is 633 g/mol. The van der Waals surface area contributed by atoms with Gasteiger partial charge in [-0.25, -0.2) is 10.2 Å². The number of benzene rings is 2. The summed E-state index contributed by atoms with van der Waals surface area (Å²) in [6.07, 6.45) is 3.86. The van der Waals surface area contributed by atoms with Crippen molar-refractivity contribution in [3.05, 3.63) is 73.0 Å². The van der Waals surface area contributed by atoms with E-state index in [0.717, 1.165) is 35.3 Å². The molecule has 3 aromatic rings. The third-order valence-electron chi connectivity index (χ3n) is 5.75. The smallest absolute Gasteiger partial charge is 0.341 e. The third-order valence-corrected chi connectivity index (χ3v) is 7.80. The van der Waals surface area contributed by atoms with E-state index in [0.29, 0.717) is 50.3 Å². The Morgan fingerprint density at radius 1 is 1.13 bits per heavy atom. The van der Waals surface area contributed by atoms with E-state index in [-0.39, 0.29) is 0 Å². The molecule has 2 amide bonds. The number of carbonyl (C=O) groups excluding carboxylic acids is 3. The Kier molecular flexibility index (Phi) is 9.60. The molecule has 0 bridgehead atoms. The first-order valence-electron chi connectivity index (χ1n) is 12.0. The van der Waals surface area contributed by atoms with Crippen LogP contribution >= 0.6 is 38.9 Å². The van der Waals surface area contributed by atoms with Gasteiger partial charge in [0.2, 0.25) is 0 Å². The molecule has 1 aliphatic rings. The molecule has 39 heavy (non-hydrogen) atoms. The van der Waals surface area contributed by atoms with E-state index in [1.165, 1.54) is 24.7 Å². The predicted molar refractivity (Wildman–Crippen MR) is 153 cm³/mol. The fourth-order valence-corrected chi connectivity index (χ4v) is 5.96. The Balaban J connectivity index is 1.41. The van der Waals surface area contributed by atoms with Gasteiger partial charge in [0, 0.05) is 9.90 Å². The molecule has 2 N–H and O–H groups in total. The van der Waals surface area contributed by atoms with Crippen LogP contribution in [0.15, 0.2) is 46.0 Å². The molecular formula is C27H25BrClN3O6S. The minimum absolute atomic E-state index is 0.301. The summed E-state index contributed by atoms with van der Waals surface area (Å²) >= 11 is 10.7. The fraction of sp³-hybridized carbons (Fsp3) is 0.259. The zero-order chi connectivity index (χ0) is 27.9. The molecular weight excluding hydrogens is 610 g/mol. The molecule has 0 radical (unpaired) electrons. The van der Waals surface area contributed by atoms with Gasteiger partial charge in [-0.05, 0) is 83.1 Å². The zero-order valence-corrected chi connectivity index (χ0v) is 24.3. The second-order valence-electron chi connectivity index (χ2n) is 8.38.